The summed E-state index contributed by atoms with van der Waals surface area (Å²) in [5.41, 5.74) is -0.271. The number of carbonyl (C=O) groups excluding carboxylic acids is 1. The second kappa shape index (κ2) is 8.26. The zero-order valence-electron chi connectivity index (χ0n) is 13.7. The van der Waals surface area contributed by atoms with Gasteiger partial charge in [-0.3, -0.25) is 14.9 Å². The molecule has 2 aromatic rings. The fraction of sp³-hybridized carbons (Fsp3) is 0.188. The van der Waals surface area contributed by atoms with E-state index in [1.165, 1.54) is 36.4 Å². The number of hydrogen-bond donors (Lipinski definition) is 2. The molecule has 8 nitrogen and oxygen atoms in total. The second-order valence-electron chi connectivity index (χ2n) is 5.29. The van der Waals surface area contributed by atoms with Crippen molar-refractivity contribution < 1.29 is 18.1 Å². The van der Waals surface area contributed by atoms with E-state index in [-0.39, 0.29) is 15.5 Å². The van der Waals surface area contributed by atoms with Crippen LogP contribution in [0.1, 0.15) is 23.7 Å². The number of rotatable bonds is 7. The molecular weight excluding hydrogens is 382 g/mol. The number of benzene rings is 2. The summed E-state index contributed by atoms with van der Waals surface area (Å²) in [6.45, 7) is 2.16. The van der Waals surface area contributed by atoms with Gasteiger partial charge in [-0.25, -0.2) is 13.1 Å². The Morgan fingerprint density at radius 1 is 1.19 bits per heavy atom. The molecule has 138 valence electrons. The Morgan fingerprint density at radius 2 is 1.85 bits per heavy atom. The molecule has 0 radical (unpaired) electrons. The molecule has 2 aromatic carbocycles. The third kappa shape index (κ3) is 4.78. The van der Waals surface area contributed by atoms with Gasteiger partial charge >= 0.3 is 0 Å². The van der Waals surface area contributed by atoms with Gasteiger partial charge in [-0.1, -0.05) is 18.5 Å². The molecule has 10 heteroatoms. The Bertz CT molecular complexity index is 929. The lowest BCUT2D eigenvalue weighted by Gasteiger charge is -2.08. The Hall–Kier alpha value is -2.49. The highest BCUT2D eigenvalue weighted by Gasteiger charge is 2.21. The molecule has 2 rings (SSSR count). The van der Waals surface area contributed by atoms with Gasteiger partial charge in [0, 0.05) is 23.3 Å². The summed E-state index contributed by atoms with van der Waals surface area (Å²) in [5, 5.41) is 13.7. The lowest BCUT2D eigenvalue weighted by Crippen LogP contribution is -2.24. The maximum absolute atomic E-state index is 12.3. The fourth-order valence-electron chi connectivity index (χ4n) is 2.08. The van der Waals surface area contributed by atoms with E-state index >= 15 is 0 Å². The van der Waals surface area contributed by atoms with E-state index < -0.39 is 26.5 Å². The smallest absolute Gasteiger partial charge is 0.283 e. The van der Waals surface area contributed by atoms with Gasteiger partial charge in [0.1, 0.15) is 5.56 Å². The Balaban J connectivity index is 2.20. The van der Waals surface area contributed by atoms with E-state index in [9.17, 15) is 23.3 Å². The highest BCUT2D eigenvalue weighted by molar-refractivity contribution is 7.89. The fourth-order valence-corrected chi connectivity index (χ4v) is 3.38. The minimum Gasteiger partial charge on any atom is -0.322 e. The van der Waals surface area contributed by atoms with Gasteiger partial charge in [-0.15, -0.1) is 0 Å². The van der Waals surface area contributed by atoms with Crippen LogP contribution in [-0.2, 0) is 10.0 Å². The van der Waals surface area contributed by atoms with Gasteiger partial charge in [-0.2, -0.15) is 0 Å². The first-order valence-corrected chi connectivity index (χ1v) is 9.45. The van der Waals surface area contributed by atoms with Crippen LogP contribution in [0.2, 0.25) is 5.02 Å². The first-order valence-electron chi connectivity index (χ1n) is 7.59. The highest BCUT2D eigenvalue weighted by Crippen LogP contribution is 2.24. The van der Waals surface area contributed by atoms with Crippen molar-refractivity contribution in [3.8, 4) is 0 Å². The first-order chi connectivity index (χ1) is 12.2. The van der Waals surface area contributed by atoms with Gasteiger partial charge < -0.3 is 5.32 Å². The van der Waals surface area contributed by atoms with Gasteiger partial charge in [0.05, 0.1) is 9.82 Å². The van der Waals surface area contributed by atoms with Crippen LogP contribution in [0, 0.1) is 10.1 Å². The zero-order chi connectivity index (χ0) is 19.3. The molecule has 0 bridgehead atoms. The number of nitrogens with one attached hydrogen (secondary N) is 2. The molecule has 0 fully saturated rings. The SMILES string of the molecule is CCCNS(=O)(=O)c1ccc(NC(=O)c2ccc(Cl)cc2[N+](=O)[O-])cc1. The first kappa shape index (κ1) is 19.8. The number of nitro benzene ring substituents is 1. The maximum Gasteiger partial charge on any atom is 0.283 e. The predicted octanol–water partition coefficient (Wildman–Crippen LogP) is 3.19. The molecule has 0 spiro atoms. The summed E-state index contributed by atoms with van der Waals surface area (Å²) in [4.78, 5) is 22.7. The van der Waals surface area contributed by atoms with Crippen molar-refractivity contribution in [2.45, 2.75) is 18.2 Å². The lowest BCUT2D eigenvalue weighted by atomic mass is 10.1. The molecule has 0 aliphatic carbocycles. The van der Waals surface area contributed by atoms with Crippen LogP contribution in [-0.4, -0.2) is 25.8 Å². The molecule has 26 heavy (non-hydrogen) atoms. The molecule has 0 aliphatic rings. The van der Waals surface area contributed by atoms with Crippen molar-refractivity contribution in [2.75, 3.05) is 11.9 Å². The molecule has 2 N–H and O–H groups in total. The molecule has 0 heterocycles. The molecule has 0 aromatic heterocycles. The molecular formula is C16H16ClN3O5S. The topological polar surface area (TPSA) is 118 Å². The van der Waals surface area contributed by atoms with Gasteiger partial charge in [0.15, 0.2) is 0 Å². The number of anilines is 1. The Labute approximate surface area is 155 Å². The van der Waals surface area contributed by atoms with E-state index in [1.807, 2.05) is 6.92 Å². The summed E-state index contributed by atoms with van der Waals surface area (Å²) in [5.74, 6) is -0.701. The van der Waals surface area contributed by atoms with Crippen molar-refractivity contribution in [3.63, 3.8) is 0 Å². The van der Waals surface area contributed by atoms with Crippen molar-refractivity contribution in [1.82, 2.24) is 4.72 Å². The molecule has 0 saturated heterocycles. The Kier molecular flexibility index (Phi) is 6.30. The van der Waals surface area contributed by atoms with E-state index in [2.05, 4.69) is 10.0 Å². The number of nitro groups is 1. The van der Waals surface area contributed by atoms with Gasteiger partial charge in [0.25, 0.3) is 11.6 Å². The van der Waals surface area contributed by atoms with Crippen LogP contribution in [0.4, 0.5) is 11.4 Å². The lowest BCUT2D eigenvalue weighted by molar-refractivity contribution is -0.385. The van der Waals surface area contributed by atoms with Crippen LogP contribution < -0.4 is 10.0 Å². The third-order valence-corrected chi connectivity index (χ3v) is 5.08. The van der Waals surface area contributed by atoms with Crippen molar-refractivity contribution in [1.29, 1.82) is 0 Å². The average Bonchev–Trinajstić information content (AvgIpc) is 2.60. The largest absolute Gasteiger partial charge is 0.322 e. The maximum atomic E-state index is 12.3. The number of carbonyl (C=O) groups is 1. The van der Waals surface area contributed by atoms with Crippen LogP contribution >= 0.6 is 11.6 Å². The van der Waals surface area contributed by atoms with Gasteiger partial charge in [-0.05, 0) is 42.8 Å². The molecule has 0 saturated carbocycles. The second-order valence-corrected chi connectivity index (χ2v) is 7.50. The highest BCUT2D eigenvalue weighted by atomic mass is 35.5. The zero-order valence-corrected chi connectivity index (χ0v) is 15.3. The van der Waals surface area contributed by atoms with Crippen molar-refractivity contribution >= 4 is 38.9 Å². The summed E-state index contributed by atoms with van der Waals surface area (Å²) in [7, 11) is -3.61. The summed E-state index contributed by atoms with van der Waals surface area (Å²) >= 11 is 5.72. The van der Waals surface area contributed by atoms with E-state index in [4.69, 9.17) is 11.6 Å². The van der Waals surface area contributed by atoms with Crippen LogP contribution in [0.5, 0.6) is 0 Å². The van der Waals surface area contributed by atoms with E-state index in [0.717, 1.165) is 6.07 Å². The monoisotopic (exact) mass is 397 g/mol. The van der Waals surface area contributed by atoms with E-state index in [1.54, 1.807) is 0 Å². The predicted molar refractivity (Wildman–Crippen MR) is 98.0 cm³/mol. The summed E-state index contributed by atoms with van der Waals surface area (Å²) in [6, 6.07) is 9.20. The molecule has 0 unspecified atom stereocenters. The molecule has 1 amide bonds. The van der Waals surface area contributed by atoms with E-state index in [0.29, 0.717) is 18.7 Å². The number of nitrogens with zero attached hydrogens (tertiary/aromatic N) is 1. The Morgan fingerprint density at radius 3 is 2.42 bits per heavy atom. The van der Waals surface area contributed by atoms with Crippen LogP contribution in [0.25, 0.3) is 0 Å². The quantitative estimate of drug-likeness (QED) is 0.549. The number of amides is 1. The van der Waals surface area contributed by atoms with Gasteiger partial charge in [0.2, 0.25) is 10.0 Å². The normalized spacial score (nSPS) is 11.2. The van der Waals surface area contributed by atoms with Crippen molar-refractivity contribution in [2.24, 2.45) is 0 Å². The average molecular weight is 398 g/mol. The minimum absolute atomic E-state index is 0.0569. The third-order valence-electron chi connectivity index (χ3n) is 3.37. The number of hydrogen-bond acceptors (Lipinski definition) is 5. The van der Waals surface area contributed by atoms with Crippen LogP contribution in [0.3, 0.4) is 0 Å². The number of halogens is 1. The summed E-state index contributed by atoms with van der Waals surface area (Å²) < 4.78 is 26.5. The minimum atomic E-state index is -3.61. The molecule has 0 aliphatic heterocycles. The van der Waals surface area contributed by atoms with Crippen molar-refractivity contribution in [3.05, 3.63) is 63.2 Å². The number of sulfonamides is 1. The standard InChI is InChI=1S/C16H16ClN3O5S/c1-2-9-18-26(24,25)13-6-4-12(5-7-13)19-16(21)14-8-3-11(17)10-15(14)20(22)23/h3-8,10,18H,2,9H2,1H3,(H,19,21). The molecule has 0 atom stereocenters. The summed E-state index contributed by atoms with van der Waals surface area (Å²) in [6.07, 6.45) is 0.660. The van der Waals surface area contributed by atoms with Crippen LogP contribution in [0.15, 0.2) is 47.4 Å².